The Kier molecular flexibility index (Phi) is 4.84. The van der Waals surface area contributed by atoms with E-state index < -0.39 is 0 Å². The van der Waals surface area contributed by atoms with Crippen molar-refractivity contribution in [2.45, 2.75) is 63.8 Å². The van der Waals surface area contributed by atoms with Crippen LogP contribution in [0.5, 0.6) is 5.75 Å². The van der Waals surface area contributed by atoms with Crippen LogP contribution in [0.25, 0.3) is 0 Å². The largest absolute Gasteiger partial charge is 0.494 e. The second kappa shape index (κ2) is 6.83. The van der Waals surface area contributed by atoms with Gasteiger partial charge < -0.3 is 4.74 Å². The molecular weight excluding hydrogens is 258 g/mol. The van der Waals surface area contributed by atoms with Crippen LogP contribution in [0.2, 0.25) is 0 Å². The molecule has 2 fully saturated rings. The second-order valence-corrected chi connectivity index (χ2v) is 6.60. The number of hydrogen-bond donors (Lipinski definition) is 0. The van der Waals surface area contributed by atoms with Crippen molar-refractivity contribution in [3.63, 3.8) is 0 Å². The van der Waals surface area contributed by atoms with E-state index in [2.05, 4.69) is 36.1 Å². The van der Waals surface area contributed by atoms with Gasteiger partial charge in [0.25, 0.3) is 0 Å². The van der Waals surface area contributed by atoms with E-state index in [4.69, 9.17) is 4.74 Å². The van der Waals surface area contributed by atoms with Crippen molar-refractivity contribution < 1.29 is 4.74 Å². The van der Waals surface area contributed by atoms with Crippen LogP contribution < -0.4 is 4.74 Å². The Bertz CT molecular complexity index is 445. The molecule has 1 saturated carbocycles. The average Bonchev–Trinajstić information content (AvgIpc) is 2.57. The molecular formula is C19H29NO. The van der Waals surface area contributed by atoms with Crippen LogP contribution >= 0.6 is 0 Å². The van der Waals surface area contributed by atoms with Gasteiger partial charge in [0.2, 0.25) is 0 Å². The van der Waals surface area contributed by atoms with Crippen LogP contribution in [-0.2, 0) is 5.54 Å². The highest BCUT2D eigenvalue weighted by molar-refractivity contribution is 5.34. The first-order chi connectivity index (χ1) is 10.3. The lowest BCUT2D eigenvalue weighted by Gasteiger charge is -2.48. The van der Waals surface area contributed by atoms with E-state index in [1.807, 2.05) is 0 Å². The molecule has 1 aromatic carbocycles. The quantitative estimate of drug-likeness (QED) is 0.793. The second-order valence-electron chi connectivity index (χ2n) is 6.60. The van der Waals surface area contributed by atoms with Gasteiger partial charge in [0, 0.05) is 5.54 Å². The average molecular weight is 287 g/mol. The molecule has 0 bridgehead atoms. The van der Waals surface area contributed by atoms with E-state index in [0.717, 1.165) is 12.4 Å². The van der Waals surface area contributed by atoms with Crippen molar-refractivity contribution in [1.29, 1.82) is 0 Å². The summed E-state index contributed by atoms with van der Waals surface area (Å²) in [6, 6.07) is 8.92. The van der Waals surface area contributed by atoms with Crippen LogP contribution in [0.1, 0.15) is 63.9 Å². The molecule has 1 saturated heterocycles. The summed E-state index contributed by atoms with van der Waals surface area (Å²) in [5.74, 6) is 1.04. The van der Waals surface area contributed by atoms with Crippen LogP contribution in [0.3, 0.4) is 0 Å². The van der Waals surface area contributed by atoms with Crippen LogP contribution in [0.15, 0.2) is 24.3 Å². The molecule has 3 rings (SSSR count). The van der Waals surface area contributed by atoms with E-state index in [9.17, 15) is 0 Å². The van der Waals surface area contributed by atoms with Gasteiger partial charge in [0.05, 0.1) is 6.61 Å². The fourth-order valence-corrected chi connectivity index (χ4v) is 4.29. The zero-order valence-corrected chi connectivity index (χ0v) is 13.4. The number of hydrogen-bond acceptors (Lipinski definition) is 2. The molecule has 0 unspecified atom stereocenters. The number of piperidine rings is 1. The van der Waals surface area contributed by atoms with Crippen molar-refractivity contribution in [3.8, 4) is 5.75 Å². The highest BCUT2D eigenvalue weighted by Crippen LogP contribution is 2.44. The predicted molar refractivity (Wildman–Crippen MR) is 87.8 cm³/mol. The van der Waals surface area contributed by atoms with Crippen LogP contribution in [0.4, 0.5) is 0 Å². The molecule has 0 amide bonds. The molecule has 1 heterocycles. The van der Waals surface area contributed by atoms with Gasteiger partial charge in [-0.1, -0.05) is 37.8 Å². The molecule has 1 aliphatic heterocycles. The van der Waals surface area contributed by atoms with Crippen molar-refractivity contribution in [3.05, 3.63) is 29.8 Å². The van der Waals surface area contributed by atoms with Gasteiger partial charge in [0.15, 0.2) is 0 Å². The molecule has 0 N–H and O–H groups in total. The maximum Gasteiger partial charge on any atom is 0.119 e. The summed E-state index contributed by atoms with van der Waals surface area (Å²) in [6.45, 7) is 5.37. The molecule has 21 heavy (non-hydrogen) atoms. The Morgan fingerprint density at radius 2 is 1.71 bits per heavy atom. The number of benzene rings is 1. The van der Waals surface area contributed by atoms with Crippen molar-refractivity contribution >= 4 is 0 Å². The minimum absolute atomic E-state index is 0.284. The first-order valence-corrected chi connectivity index (χ1v) is 8.83. The van der Waals surface area contributed by atoms with Gasteiger partial charge >= 0.3 is 0 Å². The highest BCUT2D eigenvalue weighted by atomic mass is 16.5. The van der Waals surface area contributed by atoms with Gasteiger partial charge in [-0.25, -0.2) is 0 Å². The van der Waals surface area contributed by atoms with E-state index >= 15 is 0 Å². The predicted octanol–water partition coefficient (Wildman–Crippen LogP) is 4.73. The van der Waals surface area contributed by atoms with Gasteiger partial charge in [0.1, 0.15) is 5.75 Å². The number of nitrogens with zero attached hydrogens (tertiary/aromatic N) is 1. The summed E-state index contributed by atoms with van der Waals surface area (Å²) in [6.07, 6.45) is 10.9. The van der Waals surface area contributed by atoms with Gasteiger partial charge in [-0.15, -0.1) is 0 Å². The topological polar surface area (TPSA) is 12.5 Å². The fourth-order valence-electron chi connectivity index (χ4n) is 4.29. The smallest absolute Gasteiger partial charge is 0.119 e. The molecule has 0 atom stereocenters. The standard InChI is InChI=1S/C19H29NO/c1-2-21-18-11-9-10-17(16-18)19(12-5-3-6-13-19)20-14-7-4-8-15-20/h9-11,16H,2-8,12-15H2,1H3. The zero-order chi connectivity index (χ0) is 14.5. The Hall–Kier alpha value is -1.02. The lowest BCUT2D eigenvalue weighted by Crippen LogP contribution is -2.49. The SMILES string of the molecule is CCOc1cccc(C2(N3CCCCC3)CCCCC2)c1. The summed E-state index contributed by atoms with van der Waals surface area (Å²) < 4.78 is 5.75. The molecule has 116 valence electrons. The number of rotatable bonds is 4. The maximum absolute atomic E-state index is 5.75. The van der Waals surface area contributed by atoms with Gasteiger partial charge in [-0.3, -0.25) is 4.90 Å². The Morgan fingerprint density at radius 3 is 2.43 bits per heavy atom. The van der Waals surface area contributed by atoms with E-state index in [-0.39, 0.29) is 5.54 Å². The Labute approximate surface area is 129 Å². The zero-order valence-electron chi connectivity index (χ0n) is 13.4. The van der Waals surface area contributed by atoms with Crippen LogP contribution in [-0.4, -0.2) is 24.6 Å². The molecule has 0 aromatic heterocycles. The molecule has 0 spiro atoms. The summed E-state index contributed by atoms with van der Waals surface area (Å²) in [5.41, 5.74) is 1.78. The van der Waals surface area contributed by atoms with E-state index in [1.54, 1.807) is 0 Å². The lowest BCUT2D eigenvalue weighted by molar-refractivity contribution is 0.0301. The third-order valence-corrected chi connectivity index (χ3v) is 5.32. The Balaban J connectivity index is 1.92. The summed E-state index contributed by atoms with van der Waals surface area (Å²) in [4.78, 5) is 2.79. The molecule has 2 heteroatoms. The normalized spacial score (nSPS) is 22.9. The van der Waals surface area contributed by atoms with Crippen molar-refractivity contribution in [2.75, 3.05) is 19.7 Å². The third kappa shape index (κ3) is 3.11. The van der Waals surface area contributed by atoms with Crippen molar-refractivity contribution in [2.24, 2.45) is 0 Å². The van der Waals surface area contributed by atoms with E-state index in [1.165, 1.54) is 70.0 Å². The summed E-state index contributed by atoms with van der Waals surface area (Å²) in [5, 5.41) is 0. The van der Waals surface area contributed by atoms with Gasteiger partial charge in [-0.2, -0.15) is 0 Å². The monoisotopic (exact) mass is 287 g/mol. The molecule has 2 nitrogen and oxygen atoms in total. The number of ether oxygens (including phenoxy) is 1. The first-order valence-electron chi connectivity index (χ1n) is 8.83. The van der Waals surface area contributed by atoms with Crippen LogP contribution in [0, 0.1) is 0 Å². The molecule has 2 aliphatic rings. The minimum Gasteiger partial charge on any atom is -0.494 e. The minimum atomic E-state index is 0.284. The fraction of sp³-hybridized carbons (Fsp3) is 0.684. The third-order valence-electron chi connectivity index (χ3n) is 5.32. The molecule has 1 aliphatic carbocycles. The lowest BCUT2D eigenvalue weighted by atomic mass is 9.74. The Morgan fingerprint density at radius 1 is 1.00 bits per heavy atom. The summed E-state index contributed by atoms with van der Waals surface area (Å²) in [7, 11) is 0. The maximum atomic E-state index is 5.75. The summed E-state index contributed by atoms with van der Waals surface area (Å²) >= 11 is 0. The van der Waals surface area contributed by atoms with E-state index in [0.29, 0.717) is 0 Å². The number of likely N-dealkylation sites (tertiary alicyclic amines) is 1. The molecule has 1 aromatic rings. The van der Waals surface area contributed by atoms with Gasteiger partial charge in [-0.05, 0) is 63.4 Å². The first kappa shape index (κ1) is 14.9. The molecule has 0 radical (unpaired) electrons. The van der Waals surface area contributed by atoms with Crippen molar-refractivity contribution in [1.82, 2.24) is 4.90 Å². The highest BCUT2D eigenvalue weighted by Gasteiger charge is 2.39.